The second kappa shape index (κ2) is 4.57. The molecule has 1 aromatic rings. The van der Waals surface area contributed by atoms with Crippen molar-refractivity contribution >= 4 is 5.78 Å². The minimum absolute atomic E-state index is 0.207. The number of hydrogen-bond acceptors (Lipinski definition) is 3. The van der Waals surface area contributed by atoms with Crippen LogP contribution in [0.1, 0.15) is 18.4 Å². The number of carbonyl (C=O) groups excluding carboxylic acids is 1. The SMILES string of the molecule is Cn1cc(CC(=O)C2CCCNC2)cn1. The van der Waals surface area contributed by atoms with E-state index >= 15 is 0 Å². The molecule has 4 heteroatoms. The summed E-state index contributed by atoms with van der Waals surface area (Å²) in [6.45, 7) is 1.90. The number of piperidine rings is 1. The minimum atomic E-state index is 0.207. The van der Waals surface area contributed by atoms with Gasteiger partial charge in [-0.15, -0.1) is 0 Å². The Labute approximate surface area is 89.7 Å². The molecule has 0 aliphatic carbocycles. The summed E-state index contributed by atoms with van der Waals surface area (Å²) >= 11 is 0. The Morgan fingerprint density at radius 1 is 1.73 bits per heavy atom. The number of aromatic nitrogens is 2. The van der Waals surface area contributed by atoms with Crippen molar-refractivity contribution in [3.8, 4) is 0 Å². The maximum absolute atomic E-state index is 11.9. The van der Waals surface area contributed by atoms with Crippen molar-refractivity contribution in [2.75, 3.05) is 13.1 Å². The summed E-state index contributed by atoms with van der Waals surface area (Å²) in [5.74, 6) is 0.550. The maximum Gasteiger partial charge on any atom is 0.141 e. The van der Waals surface area contributed by atoms with Crippen molar-refractivity contribution in [3.63, 3.8) is 0 Å². The van der Waals surface area contributed by atoms with Crippen LogP contribution in [-0.4, -0.2) is 28.7 Å². The Hall–Kier alpha value is -1.16. The Morgan fingerprint density at radius 2 is 2.60 bits per heavy atom. The van der Waals surface area contributed by atoms with Gasteiger partial charge in [0.15, 0.2) is 0 Å². The molecule has 1 N–H and O–H groups in total. The number of aryl methyl sites for hydroxylation is 1. The molecule has 0 amide bonds. The van der Waals surface area contributed by atoms with Gasteiger partial charge in [-0.05, 0) is 24.9 Å². The first-order chi connectivity index (χ1) is 7.25. The van der Waals surface area contributed by atoms with Gasteiger partial charge in [-0.2, -0.15) is 5.10 Å². The summed E-state index contributed by atoms with van der Waals surface area (Å²) in [6.07, 6.45) is 6.36. The number of carbonyl (C=O) groups is 1. The van der Waals surface area contributed by atoms with Gasteiger partial charge in [-0.1, -0.05) is 0 Å². The van der Waals surface area contributed by atoms with E-state index in [1.54, 1.807) is 10.9 Å². The van der Waals surface area contributed by atoms with Crippen molar-refractivity contribution in [3.05, 3.63) is 18.0 Å². The van der Waals surface area contributed by atoms with Crippen LogP contribution in [0.2, 0.25) is 0 Å². The zero-order valence-electron chi connectivity index (χ0n) is 9.07. The summed E-state index contributed by atoms with van der Waals surface area (Å²) in [7, 11) is 1.87. The molecule has 1 unspecified atom stereocenters. The molecule has 1 atom stereocenters. The lowest BCUT2D eigenvalue weighted by Crippen LogP contribution is -2.35. The third kappa shape index (κ3) is 2.65. The van der Waals surface area contributed by atoms with Crippen molar-refractivity contribution in [1.29, 1.82) is 0 Å². The molecular weight excluding hydrogens is 190 g/mol. The number of nitrogens with one attached hydrogen (secondary N) is 1. The van der Waals surface area contributed by atoms with E-state index in [1.807, 2.05) is 13.2 Å². The smallest absolute Gasteiger partial charge is 0.141 e. The zero-order valence-corrected chi connectivity index (χ0v) is 9.07. The topological polar surface area (TPSA) is 46.9 Å². The van der Waals surface area contributed by atoms with Gasteiger partial charge in [-0.3, -0.25) is 9.48 Å². The van der Waals surface area contributed by atoms with Gasteiger partial charge >= 0.3 is 0 Å². The summed E-state index contributed by atoms with van der Waals surface area (Å²) in [5, 5.41) is 7.33. The molecule has 1 saturated heterocycles. The molecule has 1 aromatic heterocycles. The van der Waals surface area contributed by atoms with Crippen LogP contribution in [0.5, 0.6) is 0 Å². The number of Topliss-reactive ketones (excluding diaryl/α,β-unsaturated/α-hetero) is 1. The average Bonchev–Trinajstić information content (AvgIpc) is 2.65. The van der Waals surface area contributed by atoms with Crippen molar-refractivity contribution in [1.82, 2.24) is 15.1 Å². The largest absolute Gasteiger partial charge is 0.316 e. The number of hydrogen-bond donors (Lipinski definition) is 1. The Morgan fingerprint density at radius 3 is 3.20 bits per heavy atom. The van der Waals surface area contributed by atoms with E-state index in [4.69, 9.17) is 0 Å². The highest BCUT2D eigenvalue weighted by Gasteiger charge is 2.20. The highest BCUT2D eigenvalue weighted by molar-refractivity contribution is 5.83. The van der Waals surface area contributed by atoms with E-state index in [-0.39, 0.29) is 5.92 Å². The van der Waals surface area contributed by atoms with E-state index in [9.17, 15) is 4.79 Å². The van der Waals surface area contributed by atoms with E-state index in [0.717, 1.165) is 31.5 Å². The molecule has 0 spiro atoms. The Balaban J connectivity index is 1.91. The molecule has 0 bridgehead atoms. The molecule has 0 aromatic carbocycles. The molecule has 0 saturated carbocycles. The Bertz CT molecular complexity index is 339. The van der Waals surface area contributed by atoms with Crippen molar-refractivity contribution in [2.24, 2.45) is 13.0 Å². The molecule has 2 rings (SSSR count). The molecule has 4 nitrogen and oxygen atoms in total. The summed E-state index contributed by atoms with van der Waals surface area (Å²) in [4.78, 5) is 11.9. The van der Waals surface area contributed by atoms with Gasteiger partial charge in [0.1, 0.15) is 5.78 Å². The molecular formula is C11H17N3O. The van der Waals surface area contributed by atoms with Gasteiger partial charge in [-0.25, -0.2) is 0 Å². The van der Waals surface area contributed by atoms with Crippen LogP contribution in [0.3, 0.4) is 0 Å². The van der Waals surface area contributed by atoms with Crippen LogP contribution in [0.25, 0.3) is 0 Å². The second-order valence-corrected chi connectivity index (χ2v) is 4.21. The highest BCUT2D eigenvalue weighted by Crippen LogP contribution is 2.13. The van der Waals surface area contributed by atoms with E-state index in [1.165, 1.54) is 0 Å². The van der Waals surface area contributed by atoms with Gasteiger partial charge in [0.05, 0.1) is 6.20 Å². The number of nitrogens with zero attached hydrogens (tertiary/aromatic N) is 2. The quantitative estimate of drug-likeness (QED) is 0.786. The summed E-state index contributed by atoms with van der Waals surface area (Å²) < 4.78 is 1.74. The van der Waals surface area contributed by atoms with Crippen molar-refractivity contribution < 1.29 is 4.79 Å². The van der Waals surface area contributed by atoms with Gasteiger partial charge < -0.3 is 5.32 Å². The fraction of sp³-hybridized carbons (Fsp3) is 0.636. The van der Waals surface area contributed by atoms with E-state index < -0.39 is 0 Å². The third-order valence-electron chi connectivity index (χ3n) is 2.89. The lowest BCUT2D eigenvalue weighted by Gasteiger charge is -2.21. The van der Waals surface area contributed by atoms with Crippen LogP contribution in [0, 0.1) is 5.92 Å². The zero-order chi connectivity index (χ0) is 10.7. The molecule has 1 aliphatic heterocycles. The van der Waals surface area contributed by atoms with Gasteiger partial charge in [0.25, 0.3) is 0 Å². The van der Waals surface area contributed by atoms with Crippen LogP contribution in [-0.2, 0) is 18.3 Å². The standard InChI is InChI=1S/C11H17N3O/c1-14-8-9(6-13-14)5-11(15)10-3-2-4-12-7-10/h6,8,10,12H,2-5,7H2,1H3. The fourth-order valence-electron chi connectivity index (χ4n) is 2.04. The van der Waals surface area contributed by atoms with Crippen LogP contribution >= 0.6 is 0 Å². The first kappa shape index (κ1) is 10.4. The van der Waals surface area contributed by atoms with Crippen LogP contribution in [0.15, 0.2) is 12.4 Å². The molecule has 82 valence electrons. The maximum atomic E-state index is 11.9. The highest BCUT2D eigenvalue weighted by atomic mass is 16.1. The predicted molar refractivity (Wildman–Crippen MR) is 57.5 cm³/mol. The fourth-order valence-corrected chi connectivity index (χ4v) is 2.04. The third-order valence-corrected chi connectivity index (χ3v) is 2.89. The first-order valence-corrected chi connectivity index (χ1v) is 5.46. The Kier molecular flexibility index (Phi) is 3.16. The second-order valence-electron chi connectivity index (χ2n) is 4.21. The molecule has 1 fully saturated rings. The van der Waals surface area contributed by atoms with Gasteiger partial charge in [0, 0.05) is 32.1 Å². The normalized spacial score (nSPS) is 21.5. The van der Waals surface area contributed by atoms with E-state index in [2.05, 4.69) is 10.4 Å². The number of rotatable bonds is 3. The average molecular weight is 207 g/mol. The lowest BCUT2D eigenvalue weighted by molar-refractivity contribution is -0.122. The summed E-state index contributed by atoms with van der Waals surface area (Å²) in [6, 6.07) is 0. The number of ketones is 1. The molecule has 1 aliphatic rings. The molecule has 15 heavy (non-hydrogen) atoms. The monoisotopic (exact) mass is 207 g/mol. The first-order valence-electron chi connectivity index (χ1n) is 5.46. The van der Waals surface area contributed by atoms with Crippen LogP contribution < -0.4 is 5.32 Å². The molecule has 0 radical (unpaired) electrons. The van der Waals surface area contributed by atoms with Gasteiger partial charge in [0.2, 0.25) is 0 Å². The van der Waals surface area contributed by atoms with Crippen LogP contribution in [0.4, 0.5) is 0 Å². The predicted octanol–water partition coefficient (Wildman–Crippen LogP) is 0.531. The van der Waals surface area contributed by atoms with E-state index in [0.29, 0.717) is 12.2 Å². The minimum Gasteiger partial charge on any atom is -0.316 e. The lowest BCUT2D eigenvalue weighted by atomic mass is 9.92. The molecule has 2 heterocycles. The summed E-state index contributed by atoms with van der Waals surface area (Å²) in [5.41, 5.74) is 1.02. The van der Waals surface area contributed by atoms with Crippen molar-refractivity contribution in [2.45, 2.75) is 19.3 Å².